The second-order valence-electron chi connectivity index (χ2n) is 7.24. The van der Waals surface area contributed by atoms with E-state index < -0.39 is 9.84 Å². The van der Waals surface area contributed by atoms with Gasteiger partial charge in [0.05, 0.1) is 24.3 Å². The van der Waals surface area contributed by atoms with E-state index in [4.69, 9.17) is 4.74 Å². The largest absolute Gasteiger partial charge is 0.495 e. The van der Waals surface area contributed by atoms with Crippen LogP contribution in [0.25, 0.3) is 0 Å². The van der Waals surface area contributed by atoms with E-state index >= 15 is 0 Å². The fourth-order valence-electron chi connectivity index (χ4n) is 3.74. The van der Waals surface area contributed by atoms with Gasteiger partial charge in [-0.15, -0.1) is 0 Å². The first kappa shape index (κ1) is 19.8. The molecule has 2 unspecified atom stereocenters. The van der Waals surface area contributed by atoms with Crippen molar-refractivity contribution in [3.63, 3.8) is 0 Å². The van der Waals surface area contributed by atoms with Crippen LogP contribution in [0.5, 0.6) is 5.75 Å². The van der Waals surface area contributed by atoms with Gasteiger partial charge in [0.2, 0.25) is 0 Å². The molecule has 1 aromatic carbocycles. The van der Waals surface area contributed by atoms with Gasteiger partial charge in [0.25, 0.3) is 0 Å². The zero-order valence-corrected chi connectivity index (χ0v) is 17.0. The first-order chi connectivity index (χ1) is 13.0. The lowest BCUT2D eigenvalue weighted by atomic mass is 10.1. The first-order valence-corrected chi connectivity index (χ1v) is 11.5. The number of sulfone groups is 1. The van der Waals surface area contributed by atoms with E-state index in [0.717, 1.165) is 49.9 Å². The maximum Gasteiger partial charge on any atom is 0.191 e. The van der Waals surface area contributed by atoms with E-state index in [-0.39, 0.29) is 11.7 Å². The molecule has 0 aromatic heterocycles. The summed E-state index contributed by atoms with van der Waals surface area (Å²) in [7, 11) is -1.15. The Morgan fingerprint density at radius 3 is 2.85 bits per heavy atom. The molecular formula is C19H30N4O3S. The number of benzene rings is 1. The second kappa shape index (κ2) is 8.82. The Kier molecular flexibility index (Phi) is 6.46. The molecule has 0 bridgehead atoms. The molecule has 0 amide bonds. The number of hydrogen-bond acceptors (Lipinski definition) is 5. The van der Waals surface area contributed by atoms with Crippen molar-refractivity contribution in [1.29, 1.82) is 0 Å². The predicted octanol–water partition coefficient (Wildman–Crippen LogP) is 1.26. The molecule has 0 radical (unpaired) electrons. The summed E-state index contributed by atoms with van der Waals surface area (Å²) in [5, 5.41) is 6.78. The molecule has 2 aliphatic rings. The van der Waals surface area contributed by atoms with Gasteiger partial charge in [-0.05, 0) is 37.8 Å². The van der Waals surface area contributed by atoms with Crippen molar-refractivity contribution >= 4 is 21.5 Å². The van der Waals surface area contributed by atoms with Gasteiger partial charge in [0.1, 0.15) is 5.75 Å². The van der Waals surface area contributed by atoms with Crippen molar-refractivity contribution in [2.24, 2.45) is 10.9 Å². The SMILES string of the molecule is CCNC(=NCC1CCS(=O)(=O)C1)NC1CCN(c2ccccc2OC)C1. The van der Waals surface area contributed by atoms with Crippen LogP contribution in [0.3, 0.4) is 0 Å². The highest BCUT2D eigenvalue weighted by molar-refractivity contribution is 7.91. The average molecular weight is 395 g/mol. The number of guanidine groups is 1. The molecule has 150 valence electrons. The number of ether oxygens (including phenoxy) is 1. The average Bonchev–Trinajstić information content (AvgIpc) is 3.26. The molecule has 0 saturated carbocycles. The van der Waals surface area contributed by atoms with Crippen LogP contribution in [-0.2, 0) is 9.84 Å². The van der Waals surface area contributed by atoms with Crippen molar-refractivity contribution in [1.82, 2.24) is 10.6 Å². The number of methoxy groups -OCH3 is 1. The van der Waals surface area contributed by atoms with E-state index in [2.05, 4.69) is 26.6 Å². The van der Waals surface area contributed by atoms with Crippen molar-refractivity contribution in [2.45, 2.75) is 25.8 Å². The third kappa shape index (κ3) is 5.28. The highest BCUT2D eigenvalue weighted by atomic mass is 32.2. The van der Waals surface area contributed by atoms with Crippen LogP contribution in [0.15, 0.2) is 29.3 Å². The number of nitrogens with one attached hydrogen (secondary N) is 2. The standard InChI is InChI=1S/C19H30N4O3S/c1-3-20-19(21-12-15-9-11-27(24,25)14-15)22-16-8-10-23(13-16)17-6-4-5-7-18(17)26-2/h4-7,15-16H,3,8-14H2,1-2H3,(H2,20,21,22). The molecule has 2 N–H and O–H groups in total. The van der Waals surface area contributed by atoms with Gasteiger partial charge < -0.3 is 20.3 Å². The summed E-state index contributed by atoms with van der Waals surface area (Å²) in [5.74, 6) is 2.36. The first-order valence-electron chi connectivity index (χ1n) is 9.64. The fourth-order valence-corrected chi connectivity index (χ4v) is 5.59. The normalized spacial score (nSPS) is 24.8. The summed E-state index contributed by atoms with van der Waals surface area (Å²) in [4.78, 5) is 6.97. The van der Waals surface area contributed by atoms with Crippen molar-refractivity contribution in [3.8, 4) is 5.75 Å². The molecule has 0 aliphatic carbocycles. The third-order valence-electron chi connectivity index (χ3n) is 5.13. The Labute approximate surface area is 162 Å². The van der Waals surface area contributed by atoms with E-state index in [1.54, 1.807) is 7.11 Å². The van der Waals surface area contributed by atoms with Crippen LogP contribution < -0.4 is 20.3 Å². The van der Waals surface area contributed by atoms with Crippen LogP contribution in [-0.4, -0.2) is 65.2 Å². The molecule has 27 heavy (non-hydrogen) atoms. The monoisotopic (exact) mass is 394 g/mol. The lowest BCUT2D eigenvalue weighted by Gasteiger charge is -2.22. The zero-order chi connectivity index (χ0) is 19.3. The van der Waals surface area contributed by atoms with Crippen molar-refractivity contribution in [2.75, 3.05) is 49.7 Å². The van der Waals surface area contributed by atoms with E-state index in [9.17, 15) is 8.42 Å². The Balaban J connectivity index is 1.58. The van der Waals surface area contributed by atoms with Gasteiger partial charge in [-0.3, -0.25) is 4.99 Å². The fraction of sp³-hybridized carbons (Fsp3) is 0.632. The number of rotatable bonds is 6. The molecule has 1 aromatic rings. The predicted molar refractivity (Wildman–Crippen MR) is 109 cm³/mol. The number of anilines is 1. The quantitative estimate of drug-likeness (QED) is 0.558. The zero-order valence-electron chi connectivity index (χ0n) is 16.1. The molecule has 2 atom stereocenters. The summed E-state index contributed by atoms with van der Waals surface area (Å²) in [5.41, 5.74) is 1.11. The van der Waals surface area contributed by atoms with Crippen molar-refractivity contribution < 1.29 is 13.2 Å². The van der Waals surface area contributed by atoms with E-state index in [1.807, 2.05) is 25.1 Å². The number of hydrogen-bond donors (Lipinski definition) is 2. The van der Waals surface area contributed by atoms with Crippen LogP contribution in [0.4, 0.5) is 5.69 Å². The molecular weight excluding hydrogens is 364 g/mol. The Morgan fingerprint density at radius 1 is 1.33 bits per heavy atom. The number of nitrogens with zero attached hydrogens (tertiary/aromatic N) is 2. The summed E-state index contributed by atoms with van der Waals surface area (Å²) in [6.45, 7) is 5.20. The van der Waals surface area contributed by atoms with Crippen LogP contribution in [0.1, 0.15) is 19.8 Å². The van der Waals surface area contributed by atoms with Gasteiger partial charge in [-0.1, -0.05) is 12.1 Å². The van der Waals surface area contributed by atoms with E-state index in [0.29, 0.717) is 18.3 Å². The van der Waals surface area contributed by atoms with E-state index in [1.165, 1.54) is 0 Å². The topological polar surface area (TPSA) is 83.0 Å². The highest BCUT2D eigenvalue weighted by Crippen LogP contribution is 2.30. The lowest BCUT2D eigenvalue weighted by molar-refractivity contribution is 0.415. The van der Waals surface area contributed by atoms with Crippen LogP contribution in [0.2, 0.25) is 0 Å². The lowest BCUT2D eigenvalue weighted by Crippen LogP contribution is -2.45. The molecule has 3 rings (SSSR count). The maximum absolute atomic E-state index is 11.6. The Bertz CT molecular complexity index is 766. The third-order valence-corrected chi connectivity index (χ3v) is 6.97. The molecule has 8 heteroatoms. The molecule has 2 saturated heterocycles. The van der Waals surface area contributed by atoms with Gasteiger partial charge in [0.15, 0.2) is 15.8 Å². The van der Waals surface area contributed by atoms with Gasteiger partial charge in [-0.2, -0.15) is 0 Å². The number of para-hydroxylation sites is 2. The molecule has 7 nitrogen and oxygen atoms in total. The highest BCUT2D eigenvalue weighted by Gasteiger charge is 2.28. The summed E-state index contributed by atoms with van der Waals surface area (Å²) < 4.78 is 28.7. The Morgan fingerprint density at radius 2 is 2.15 bits per heavy atom. The minimum absolute atomic E-state index is 0.138. The summed E-state index contributed by atoms with van der Waals surface area (Å²) >= 11 is 0. The molecule has 2 fully saturated rings. The van der Waals surface area contributed by atoms with Gasteiger partial charge in [0, 0.05) is 32.2 Å². The Hall–Kier alpha value is -1.96. The smallest absolute Gasteiger partial charge is 0.191 e. The van der Waals surface area contributed by atoms with Gasteiger partial charge >= 0.3 is 0 Å². The van der Waals surface area contributed by atoms with Crippen LogP contribution >= 0.6 is 0 Å². The minimum atomic E-state index is -2.85. The molecule has 2 heterocycles. The maximum atomic E-state index is 11.6. The molecule has 0 spiro atoms. The molecule has 2 aliphatic heterocycles. The minimum Gasteiger partial charge on any atom is -0.495 e. The van der Waals surface area contributed by atoms with Gasteiger partial charge in [-0.25, -0.2) is 8.42 Å². The second-order valence-corrected chi connectivity index (χ2v) is 9.47. The van der Waals surface area contributed by atoms with Crippen molar-refractivity contribution in [3.05, 3.63) is 24.3 Å². The summed E-state index contributed by atoms with van der Waals surface area (Å²) in [6.07, 6.45) is 1.73. The van der Waals surface area contributed by atoms with Crippen LogP contribution in [0, 0.1) is 5.92 Å². The summed E-state index contributed by atoms with van der Waals surface area (Å²) in [6, 6.07) is 8.37. The number of aliphatic imine (C=N–C) groups is 1.